The van der Waals surface area contributed by atoms with Gasteiger partial charge in [-0.15, -0.1) is 0 Å². The Morgan fingerprint density at radius 3 is 0.400 bits per heavy atom. The highest BCUT2D eigenvalue weighted by Gasteiger charge is 0.188. The van der Waals surface area contributed by atoms with E-state index in [1.54, 1.807) is 0 Å². The normalized spacial score (nSPS) is 0. The molecule has 0 aromatic carbocycles. The van der Waals surface area contributed by atoms with Crippen molar-refractivity contribution in [2.24, 2.45) is 0 Å². The second kappa shape index (κ2) is 98.7. The van der Waals surface area contributed by atoms with Crippen LogP contribution >= 0.6 is 0 Å². The molecule has 0 saturated carbocycles. The summed E-state index contributed by atoms with van der Waals surface area (Å²) in [7, 11) is 0. The zero-order chi connectivity index (χ0) is 0. The molecule has 0 rings (SSSR count). The van der Waals surface area contributed by atoms with Crippen molar-refractivity contribution >= 4 is 34.7 Å². The van der Waals surface area contributed by atoms with Gasteiger partial charge in [0.1, 0.15) is 0 Å². The summed E-state index contributed by atoms with van der Waals surface area (Å²) in [5.41, 5.74) is 0. The number of halogens is 3. The Bertz CT molecular complexity index is 4.85. The quantitative estimate of drug-likeness (QED) is 0.327. The van der Waals surface area contributed by atoms with Crippen molar-refractivity contribution in [2.45, 2.75) is 0 Å². The van der Waals surface area contributed by atoms with Gasteiger partial charge >= 0.3 is 0 Å². The Labute approximate surface area is 49.3 Å². The number of hydrogen-bond acceptors (Lipinski definition) is 0. The zero-order valence-corrected chi connectivity index (χ0v) is 1.22. The van der Waals surface area contributed by atoms with E-state index in [2.05, 4.69) is 0 Å². The predicted octanol–water partition coefficient (Wildman–Crippen LogP) is -1.91. The lowest BCUT2D eigenvalue weighted by Gasteiger charge is -0.270. The molecule has 0 amide bonds. The van der Waals surface area contributed by atoms with E-state index in [0.717, 1.165) is 0 Å². The van der Waals surface area contributed by atoms with Gasteiger partial charge < -0.3 is 0 Å². The summed E-state index contributed by atoms with van der Waals surface area (Å²) in [5, 5.41) is 0. The third-order valence-electron chi connectivity index (χ3n) is 0. The molecular weight excluding hydrogens is 111 g/mol. The molecule has 0 heterocycles. The van der Waals surface area contributed by atoms with Gasteiger partial charge in [-0.05, 0) is 0 Å². The lowest BCUT2D eigenvalue weighted by molar-refractivity contribution is 1.11. The first kappa shape index (κ1) is 189. The first-order chi connectivity index (χ1) is 0. The van der Waals surface area contributed by atoms with E-state index >= 15 is 0 Å². The molecule has 5 heteroatoms. The molecule has 0 unspecified atom stereocenters. The van der Waals surface area contributed by atoms with Crippen LogP contribution in [0.2, 0.25) is 0 Å². The van der Waals surface area contributed by atoms with Crippen molar-refractivity contribution < 1.29 is 14.1 Å². The van der Waals surface area contributed by atoms with Crippen molar-refractivity contribution in [3.05, 3.63) is 0 Å². The summed E-state index contributed by atoms with van der Waals surface area (Å²) in [4.78, 5) is 0. The molecular formula is H9Al2F3. The Morgan fingerprint density at radius 2 is 0.400 bits per heavy atom. The van der Waals surface area contributed by atoms with Crippen LogP contribution in [0.4, 0.5) is 14.1 Å². The highest BCUT2D eigenvalue weighted by Crippen LogP contribution is 0.422. The molecule has 36 valence electrons. The first-order valence-corrected chi connectivity index (χ1v) is 0. The van der Waals surface area contributed by atoms with E-state index in [-0.39, 0.29) is 48.8 Å². The van der Waals surface area contributed by atoms with Crippen molar-refractivity contribution in [1.29, 1.82) is 0 Å². The average Bonchev–Trinajstić information content (AvgIpc) is 0. The lowest BCUT2D eigenvalue weighted by atomic mass is 19.0. The van der Waals surface area contributed by atoms with Crippen LogP contribution in [0.1, 0.15) is 0 Å². The van der Waals surface area contributed by atoms with Crippen molar-refractivity contribution in [3.63, 3.8) is 0 Å². The molecule has 0 nitrogen and oxygen atoms in total. The second-order valence-electron chi connectivity index (χ2n) is 0. The Morgan fingerprint density at radius 1 is 0.400 bits per heavy atom. The van der Waals surface area contributed by atoms with Gasteiger partial charge in [-0.2, -0.15) is 0 Å². The van der Waals surface area contributed by atoms with Crippen LogP contribution in [0.25, 0.3) is 0 Å². The van der Waals surface area contributed by atoms with Crippen molar-refractivity contribution in [3.8, 4) is 0 Å². The van der Waals surface area contributed by atoms with E-state index in [1.807, 2.05) is 0 Å². The van der Waals surface area contributed by atoms with Crippen LogP contribution in [0.3, 0.4) is 0 Å². The second-order valence-corrected chi connectivity index (χ2v) is 0. The van der Waals surface area contributed by atoms with Crippen LogP contribution in [0, 0.1) is 0 Å². The molecule has 0 fully saturated rings. The van der Waals surface area contributed by atoms with Gasteiger partial charge in [0, 0.05) is 0 Å². The highest BCUT2D eigenvalue weighted by molar-refractivity contribution is 5.76. The first-order valence-electron chi connectivity index (χ1n) is 0. The largest absolute Gasteiger partial charge is 0.269 e. The van der Waals surface area contributed by atoms with Gasteiger partial charge in [0.2, 0.25) is 0 Å². The van der Waals surface area contributed by atoms with Crippen LogP contribution in [0.5, 0.6) is 0 Å². The molecule has 0 aromatic rings. The van der Waals surface area contributed by atoms with Gasteiger partial charge in [0.25, 0.3) is 0 Å². The molecule has 5 heavy (non-hydrogen) atoms. The fraction of sp³-hybridized carbons (Fsp3) is 0. The predicted molar refractivity (Wildman–Crippen MR) is 27.4 cm³/mol. The number of hydrogen-bond donors (Lipinski definition) is 0. The maximum atomic E-state index is 0. The average molecular weight is 120 g/mol. The minimum absolute atomic E-state index is 0. The molecule has 0 atom stereocenters. The fourth-order valence-electron chi connectivity index (χ4n) is 0. The summed E-state index contributed by atoms with van der Waals surface area (Å²) >= 11 is 0. The minimum atomic E-state index is 0. The Hall–Kier alpha value is 0.855. The maximum Gasteiger partial charge on any atom is 0.187 e. The van der Waals surface area contributed by atoms with Gasteiger partial charge in [-0.1, -0.05) is 0 Å². The molecule has 0 aliphatic carbocycles. The molecule has 0 aromatic heterocycles. The van der Waals surface area contributed by atoms with Gasteiger partial charge in [0.05, 0.1) is 0 Å². The van der Waals surface area contributed by atoms with E-state index in [4.69, 9.17) is 0 Å². The van der Waals surface area contributed by atoms with Crippen LogP contribution < -0.4 is 0 Å². The maximum absolute atomic E-state index is 0. The van der Waals surface area contributed by atoms with E-state index in [9.17, 15) is 0 Å². The van der Waals surface area contributed by atoms with Crippen LogP contribution in [-0.2, 0) is 0 Å². The lowest BCUT2D eigenvalue weighted by Crippen LogP contribution is -0.382. The topological polar surface area (TPSA) is 0 Å². The third kappa shape index (κ3) is 54.1. The molecule has 0 radical (unpaired) electrons. The summed E-state index contributed by atoms with van der Waals surface area (Å²) in [6, 6.07) is 0. The summed E-state index contributed by atoms with van der Waals surface area (Å²) in [6.07, 6.45) is 0. The fourth-order valence-corrected chi connectivity index (χ4v) is 0. The Balaban J connectivity index is 0. The smallest absolute Gasteiger partial charge is 0.187 e. The van der Waals surface area contributed by atoms with E-state index < -0.39 is 0 Å². The molecule has 0 aliphatic heterocycles. The molecule has 0 saturated heterocycles. The Kier molecular flexibility index (Phi) is 3730. The number of rotatable bonds is 0. The SMILES string of the molecule is F.F.F.[AlH3].[AlH3]. The highest BCUT2D eigenvalue weighted by atomic mass is 27.0. The molecule has 0 bridgehead atoms. The van der Waals surface area contributed by atoms with Crippen LogP contribution in [-0.4, -0.2) is 34.7 Å². The van der Waals surface area contributed by atoms with Crippen molar-refractivity contribution in [1.82, 2.24) is 0 Å². The molecule has 0 aliphatic rings. The summed E-state index contributed by atoms with van der Waals surface area (Å²) in [6.45, 7) is 0. The van der Waals surface area contributed by atoms with Gasteiger partial charge in [-0.25, -0.2) is 0 Å². The van der Waals surface area contributed by atoms with Crippen molar-refractivity contribution in [2.75, 3.05) is 0 Å². The van der Waals surface area contributed by atoms with Crippen LogP contribution in [0.15, 0.2) is 0 Å². The molecule has 0 spiro atoms. The molecule has 0 N–H and O–H groups in total. The standard InChI is InChI=1S/2Al.3FH.6H/h;;3*1H;;;;;;. The van der Waals surface area contributed by atoms with E-state index in [0.29, 0.717) is 0 Å². The summed E-state index contributed by atoms with van der Waals surface area (Å²) < 4.78 is 0. The monoisotopic (exact) mass is 120 g/mol. The zero-order valence-electron chi connectivity index (χ0n) is 1.22. The van der Waals surface area contributed by atoms with E-state index in [1.165, 1.54) is 0 Å². The van der Waals surface area contributed by atoms with Gasteiger partial charge in [0.15, 0.2) is 34.7 Å². The summed E-state index contributed by atoms with van der Waals surface area (Å²) in [5.74, 6) is 0. The third-order valence-corrected chi connectivity index (χ3v) is 0. The minimum Gasteiger partial charge on any atom is -0.269 e. The van der Waals surface area contributed by atoms with Gasteiger partial charge in [-0.3, -0.25) is 14.1 Å².